The van der Waals surface area contributed by atoms with Crippen LogP contribution in [0.4, 0.5) is 0 Å². The number of aryl methyl sites for hydroxylation is 1. The van der Waals surface area contributed by atoms with Gasteiger partial charge in [0.1, 0.15) is 16.8 Å². The number of phenols is 1. The quantitative estimate of drug-likeness (QED) is 0.582. The summed E-state index contributed by atoms with van der Waals surface area (Å²) < 4.78 is 3.79. The Hall–Kier alpha value is -2.93. The molecule has 3 aromatic heterocycles. The summed E-state index contributed by atoms with van der Waals surface area (Å²) in [5.41, 5.74) is 3.96. The van der Waals surface area contributed by atoms with E-state index in [2.05, 4.69) is 10.4 Å². The highest BCUT2D eigenvalue weighted by atomic mass is 16.3. The molecular weight excluding hydrogens is 328 g/mol. The molecule has 26 heavy (non-hydrogen) atoms. The first-order chi connectivity index (χ1) is 12.7. The average Bonchev–Trinajstić information content (AvgIpc) is 3.23. The van der Waals surface area contributed by atoms with E-state index in [-0.39, 0.29) is 5.75 Å². The summed E-state index contributed by atoms with van der Waals surface area (Å²) >= 11 is 0. The predicted octanol–water partition coefficient (Wildman–Crippen LogP) is 2.62. The fourth-order valence-corrected chi connectivity index (χ4v) is 3.72. The molecule has 0 atom stereocenters. The van der Waals surface area contributed by atoms with Gasteiger partial charge in [-0.3, -0.25) is 9.36 Å². The van der Waals surface area contributed by atoms with Crippen LogP contribution in [0.5, 0.6) is 5.75 Å². The van der Waals surface area contributed by atoms with Gasteiger partial charge < -0.3 is 10.4 Å². The number of aromatic hydroxyl groups is 1. The Morgan fingerprint density at radius 1 is 1.04 bits per heavy atom. The Kier molecular flexibility index (Phi) is 3.43. The lowest BCUT2D eigenvalue weighted by Crippen LogP contribution is -2.29. The summed E-state index contributed by atoms with van der Waals surface area (Å²) in [4.78, 5) is 4.75. The first-order valence-corrected chi connectivity index (χ1v) is 8.91. The van der Waals surface area contributed by atoms with Crippen molar-refractivity contribution >= 4 is 21.9 Å². The van der Waals surface area contributed by atoms with E-state index >= 15 is 0 Å². The monoisotopic (exact) mass is 348 g/mol. The van der Waals surface area contributed by atoms with Gasteiger partial charge in [-0.1, -0.05) is 0 Å². The molecule has 1 fully saturated rings. The van der Waals surface area contributed by atoms with Crippen LogP contribution in [-0.2, 0) is 7.05 Å². The number of nitrogens with zero attached hydrogens (tertiary/aromatic N) is 5. The largest absolute Gasteiger partial charge is 0.507 e. The maximum absolute atomic E-state index is 10.4. The van der Waals surface area contributed by atoms with E-state index in [1.807, 2.05) is 42.3 Å². The highest BCUT2D eigenvalue weighted by molar-refractivity contribution is 5.88. The number of rotatable bonds is 2. The molecule has 0 unspecified atom stereocenters. The van der Waals surface area contributed by atoms with E-state index in [1.165, 1.54) is 0 Å². The van der Waals surface area contributed by atoms with Crippen LogP contribution in [0.3, 0.4) is 0 Å². The van der Waals surface area contributed by atoms with Crippen LogP contribution >= 0.6 is 0 Å². The Bertz CT molecular complexity index is 1110. The molecule has 0 radical (unpaired) electrons. The molecule has 1 saturated heterocycles. The van der Waals surface area contributed by atoms with Crippen molar-refractivity contribution in [3.8, 4) is 17.0 Å². The van der Waals surface area contributed by atoms with E-state index in [0.717, 1.165) is 53.6 Å². The van der Waals surface area contributed by atoms with Crippen molar-refractivity contribution in [2.75, 3.05) is 13.1 Å². The fourth-order valence-electron chi connectivity index (χ4n) is 3.72. The lowest BCUT2D eigenvalue weighted by molar-refractivity contribution is 0.345. The van der Waals surface area contributed by atoms with Crippen LogP contribution in [0, 0.1) is 0 Å². The first kappa shape index (κ1) is 15.3. The molecule has 0 aliphatic carbocycles. The number of hydrogen-bond donors (Lipinski definition) is 2. The van der Waals surface area contributed by atoms with Crippen molar-refractivity contribution in [3.05, 3.63) is 36.7 Å². The number of phenolic OH excluding ortho intramolecular Hbond substituents is 1. The molecule has 0 amide bonds. The van der Waals surface area contributed by atoms with Gasteiger partial charge in [0.05, 0.1) is 23.4 Å². The number of aromatic nitrogens is 5. The predicted molar refractivity (Wildman–Crippen MR) is 100 cm³/mol. The van der Waals surface area contributed by atoms with Gasteiger partial charge in [0.25, 0.3) is 0 Å². The molecule has 7 nitrogen and oxygen atoms in total. The number of nitrogens with one attached hydrogen (secondary N) is 1. The summed E-state index contributed by atoms with van der Waals surface area (Å²) in [5.74, 6) is 0.189. The molecule has 1 aromatic carbocycles. The minimum Gasteiger partial charge on any atom is -0.507 e. The summed E-state index contributed by atoms with van der Waals surface area (Å²) in [6.45, 7) is 2.05. The van der Waals surface area contributed by atoms with E-state index in [9.17, 15) is 5.11 Å². The number of hydrogen-bond acceptors (Lipinski definition) is 5. The zero-order chi connectivity index (χ0) is 17.7. The third-order valence-corrected chi connectivity index (χ3v) is 5.08. The molecule has 132 valence electrons. The molecule has 7 heteroatoms. The van der Waals surface area contributed by atoms with E-state index < -0.39 is 0 Å². The van der Waals surface area contributed by atoms with Gasteiger partial charge in [-0.25, -0.2) is 4.98 Å². The SMILES string of the molecule is Cn1cc2cc(-c3ccc4nn(C5CCNCC5)cc4n3)c(O)cc2n1. The number of benzene rings is 1. The van der Waals surface area contributed by atoms with Crippen LogP contribution in [0.25, 0.3) is 33.2 Å². The highest BCUT2D eigenvalue weighted by Gasteiger charge is 2.17. The summed E-state index contributed by atoms with van der Waals surface area (Å²) in [6.07, 6.45) is 6.12. The van der Waals surface area contributed by atoms with Gasteiger partial charge in [-0.2, -0.15) is 10.2 Å². The van der Waals surface area contributed by atoms with Crippen LogP contribution in [0.1, 0.15) is 18.9 Å². The standard InChI is InChI=1S/C19H20N6O/c1-24-10-12-8-14(19(26)9-17(12)22-24)15-2-3-16-18(21-15)11-25(23-16)13-4-6-20-7-5-13/h2-3,8-11,13,20,26H,4-7H2,1H3. The fraction of sp³-hybridized carbons (Fsp3) is 0.316. The van der Waals surface area contributed by atoms with Crippen molar-refractivity contribution in [1.82, 2.24) is 29.9 Å². The minimum atomic E-state index is 0.189. The smallest absolute Gasteiger partial charge is 0.127 e. The van der Waals surface area contributed by atoms with Crippen LogP contribution in [0.2, 0.25) is 0 Å². The molecule has 0 spiro atoms. The summed E-state index contributed by atoms with van der Waals surface area (Å²) in [6, 6.07) is 7.94. The second kappa shape index (κ2) is 5.81. The van der Waals surface area contributed by atoms with Crippen molar-refractivity contribution in [2.24, 2.45) is 7.05 Å². The van der Waals surface area contributed by atoms with Crippen molar-refractivity contribution in [3.63, 3.8) is 0 Å². The highest BCUT2D eigenvalue weighted by Crippen LogP contribution is 2.33. The second-order valence-electron chi connectivity index (χ2n) is 6.92. The lowest BCUT2D eigenvalue weighted by Gasteiger charge is -2.22. The van der Waals surface area contributed by atoms with Crippen LogP contribution in [0.15, 0.2) is 36.7 Å². The zero-order valence-electron chi connectivity index (χ0n) is 14.6. The molecule has 0 saturated carbocycles. The zero-order valence-corrected chi connectivity index (χ0v) is 14.6. The van der Waals surface area contributed by atoms with Crippen molar-refractivity contribution in [1.29, 1.82) is 0 Å². The van der Waals surface area contributed by atoms with Crippen LogP contribution in [-0.4, -0.2) is 42.7 Å². The van der Waals surface area contributed by atoms with Gasteiger partial charge in [0.15, 0.2) is 0 Å². The lowest BCUT2D eigenvalue weighted by atomic mass is 10.1. The molecule has 1 aliphatic heterocycles. The molecule has 0 bridgehead atoms. The van der Waals surface area contributed by atoms with Gasteiger partial charge in [0, 0.05) is 30.3 Å². The maximum atomic E-state index is 10.4. The number of fused-ring (bicyclic) bond motifs is 2. The number of piperidine rings is 1. The van der Waals surface area contributed by atoms with E-state index in [4.69, 9.17) is 10.1 Å². The molecule has 4 aromatic rings. The average molecular weight is 348 g/mol. The summed E-state index contributed by atoms with van der Waals surface area (Å²) in [7, 11) is 1.87. The topological polar surface area (TPSA) is 80.8 Å². The Morgan fingerprint density at radius 2 is 1.88 bits per heavy atom. The third-order valence-electron chi connectivity index (χ3n) is 5.08. The molecule has 4 heterocycles. The molecular formula is C19H20N6O. The van der Waals surface area contributed by atoms with Gasteiger partial charge in [-0.05, 0) is 44.1 Å². The molecule has 1 aliphatic rings. The van der Waals surface area contributed by atoms with Crippen molar-refractivity contribution < 1.29 is 5.11 Å². The summed E-state index contributed by atoms with van der Waals surface area (Å²) in [5, 5.41) is 23.8. The van der Waals surface area contributed by atoms with Gasteiger partial charge in [0.2, 0.25) is 0 Å². The molecule has 5 rings (SSSR count). The normalized spacial score (nSPS) is 15.9. The number of pyridine rings is 1. The van der Waals surface area contributed by atoms with Gasteiger partial charge in [-0.15, -0.1) is 0 Å². The Morgan fingerprint density at radius 3 is 2.73 bits per heavy atom. The first-order valence-electron chi connectivity index (χ1n) is 8.91. The van der Waals surface area contributed by atoms with E-state index in [0.29, 0.717) is 11.6 Å². The minimum absolute atomic E-state index is 0.189. The molecule has 2 N–H and O–H groups in total. The second-order valence-corrected chi connectivity index (χ2v) is 6.92. The van der Waals surface area contributed by atoms with Gasteiger partial charge >= 0.3 is 0 Å². The Balaban J connectivity index is 1.57. The maximum Gasteiger partial charge on any atom is 0.127 e. The van der Waals surface area contributed by atoms with E-state index in [1.54, 1.807) is 10.7 Å². The van der Waals surface area contributed by atoms with Crippen molar-refractivity contribution in [2.45, 2.75) is 18.9 Å². The Labute approximate surface area is 150 Å². The third kappa shape index (κ3) is 2.52. The van der Waals surface area contributed by atoms with Crippen LogP contribution < -0.4 is 5.32 Å².